The molecule has 3 aromatic rings. The van der Waals surface area contributed by atoms with Gasteiger partial charge in [-0.1, -0.05) is 17.3 Å². The van der Waals surface area contributed by atoms with E-state index in [9.17, 15) is 4.79 Å². The van der Waals surface area contributed by atoms with Crippen molar-refractivity contribution in [2.24, 2.45) is 5.92 Å². The molecule has 0 bridgehead atoms. The highest BCUT2D eigenvalue weighted by Crippen LogP contribution is 2.50. The van der Waals surface area contributed by atoms with Gasteiger partial charge in [-0.2, -0.15) is 0 Å². The van der Waals surface area contributed by atoms with E-state index in [-0.39, 0.29) is 11.6 Å². The first-order chi connectivity index (χ1) is 18.5. The van der Waals surface area contributed by atoms with Gasteiger partial charge in [0.05, 0.1) is 5.69 Å². The molecule has 204 valence electrons. The van der Waals surface area contributed by atoms with Crippen LogP contribution in [0.4, 0.5) is 16.2 Å². The molecule has 1 saturated heterocycles. The number of benzene rings is 2. The van der Waals surface area contributed by atoms with E-state index >= 15 is 0 Å². The van der Waals surface area contributed by atoms with Crippen LogP contribution in [0.2, 0.25) is 0 Å². The Balaban J connectivity index is 1.39. The molecule has 7 nitrogen and oxygen atoms in total. The monoisotopic (exact) mass is 526 g/mol. The van der Waals surface area contributed by atoms with Gasteiger partial charge >= 0.3 is 6.09 Å². The molecule has 2 heterocycles. The van der Waals surface area contributed by atoms with Crippen LogP contribution in [0, 0.1) is 33.3 Å². The lowest BCUT2D eigenvalue weighted by Crippen LogP contribution is -2.52. The van der Waals surface area contributed by atoms with E-state index in [1.807, 2.05) is 34.6 Å². The highest BCUT2D eigenvalue weighted by Gasteiger charge is 2.52. The maximum Gasteiger partial charge on any atom is 0.410 e. The van der Waals surface area contributed by atoms with Crippen LogP contribution in [0.25, 0.3) is 16.0 Å². The van der Waals surface area contributed by atoms with Crippen LogP contribution in [-0.2, 0) is 10.3 Å². The Morgan fingerprint density at radius 1 is 1.15 bits per heavy atom. The average molecular weight is 527 g/mol. The van der Waals surface area contributed by atoms with Crippen molar-refractivity contribution in [1.82, 2.24) is 10.1 Å². The van der Waals surface area contributed by atoms with E-state index in [4.69, 9.17) is 15.8 Å². The van der Waals surface area contributed by atoms with Crippen LogP contribution >= 0.6 is 0 Å². The Hall–Kier alpha value is -3.79. The van der Waals surface area contributed by atoms with Crippen LogP contribution in [-0.4, -0.2) is 41.4 Å². The van der Waals surface area contributed by atoms with Gasteiger partial charge in [-0.15, -0.1) is 0 Å². The highest BCUT2D eigenvalue weighted by atomic mass is 16.6. The van der Waals surface area contributed by atoms with Gasteiger partial charge in [-0.3, -0.25) is 0 Å². The summed E-state index contributed by atoms with van der Waals surface area (Å²) in [6.07, 6.45) is 2.59. The minimum atomic E-state index is -0.485. The summed E-state index contributed by atoms with van der Waals surface area (Å²) in [4.78, 5) is 20.5. The second-order valence-corrected chi connectivity index (χ2v) is 12.1. The van der Waals surface area contributed by atoms with Gasteiger partial charge in [0.2, 0.25) is 0 Å². The number of aromatic nitrogens is 1. The molecule has 7 heteroatoms. The predicted molar refractivity (Wildman–Crippen MR) is 153 cm³/mol. The SMILES string of the molecule is [C-]#[N+]C1(c2ccc(N(CCC3CN(C(=O)OC(C)(C)C)C3)c3cc(-c4c(C)noc4C)ccc3C)cc2)CC1. The van der Waals surface area contributed by atoms with Crippen LogP contribution in [0.15, 0.2) is 47.0 Å². The fraction of sp³-hybridized carbons (Fsp3) is 0.469. The molecule has 2 aromatic carbocycles. The van der Waals surface area contributed by atoms with E-state index in [0.29, 0.717) is 19.0 Å². The van der Waals surface area contributed by atoms with Gasteiger partial charge in [-0.05, 0) is 95.3 Å². The summed E-state index contributed by atoms with van der Waals surface area (Å²) in [7, 11) is 0. The number of amides is 1. The fourth-order valence-corrected chi connectivity index (χ4v) is 5.41. The lowest BCUT2D eigenvalue weighted by atomic mass is 9.95. The molecule has 0 atom stereocenters. The number of nitrogens with zero attached hydrogens (tertiary/aromatic N) is 4. The molecule has 0 unspecified atom stereocenters. The van der Waals surface area contributed by atoms with Crippen LogP contribution in [0.1, 0.15) is 62.6 Å². The highest BCUT2D eigenvalue weighted by molar-refractivity contribution is 5.76. The van der Waals surface area contributed by atoms with E-state index in [2.05, 4.69) is 64.3 Å². The topological polar surface area (TPSA) is 63.2 Å². The fourth-order valence-electron chi connectivity index (χ4n) is 5.41. The number of hydrogen-bond acceptors (Lipinski definition) is 5. The number of aryl methyl sites for hydroxylation is 3. The average Bonchev–Trinajstić information content (AvgIpc) is 3.59. The van der Waals surface area contributed by atoms with Crippen LogP contribution in [0.5, 0.6) is 0 Å². The third kappa shape index (κ3) is 5.52. The van der Waals surface area contributed by atoms with Crippen molar-refractivity contribution in [1.29, 1.82) is 0 Å². The molecule has 0 N–H and O–H groups in total. The summed E-state index contributed by atoms with van der Waals surface area (Å²) in [6.45, 7) is 21.6. The molecule has 0 spiro atoms. The van der Waals surface area contributed by atoms with Gasteiger partial charge < -0.3 is 23.9 Å². The molecule has 39 heavy (non-hydrogen) atoms. The van der Waals surface area contributed by atoms with Gasteiger partial charge in [0.25, 0.3) is 5.54 Å². The minimum absolute atomic E-state index is 0.233. The van der Waals surface area contributed by atoms with Crippen molar-refractivity contribution in [3.8, 4) is 11.1 Å². The number of hydrogen-bond donors (Lipinski definition) is 0. The standard InChI is InChI=1S/C32H38N4O3/c1-21-8-9-25(29-22(2)34-39-23(29)3)18-28(21)36(27-12-10-26(11-13-27)32(33-7)15-16-32)17-14-24-19-35(20-24)30(37)38-31(4,5)6/h8-13,18,24H,14-17,19-20H2,1-6H3. The number of carbonyl (C=O) groups is 1. The number of ether oxygens (including phenoxy) is 1. The summed E-state index contributed by atoms with van der Waals surface area (Å²) >= 11 is 0. The number of rotatable bonds is 7. The Morgan fingerprint density at radius 2 is 1.85 bits per heavy atom. The molecule has 1 aromatic heterocycles. The molecule has 5 rings (SSSR count). The number of anilines is 2. The summed E-state index contributed by atoms with van der Waals surface area (Å²) in [5.74, 6) is 1.23. The van der Waals surface area contributed by atoms with Gasteiger partial charge in [0.15, 0.2) is 0 Å². The Labute approximate surface area is 231 Å². The maximum absolute atomic E-state index is 12.4. The second-order valence-electron chi connectivity index (χ2n) is 12.1. The molecule has 0 radical (unpaired) electrons. The van der Waals surface area contributed by atoms with Crippen molar-refractivity contribution < 1.29 is 14.1 Å². The number of likely N-dealkylation sites (tertiary alicyclic amines) is 1. The van der Waals surface area contributed by atoms with E-state index in [1.165, 1.54) is 5.56 Å². The molecule has 2 aliphatic rings. The largest absolute Gasteiger partial charge is 0.444 e. The van der Waals surface area contributed by atoms with Gasteiger partial charge in [0.1, 0.15) is 11.4 Å². The second kappa shape index (κ2) is 10.1. The van der Waals surface area contributed by atoms with Crippen molar-refractivity contribution in [3.05, 3.63) is 76.5 Å². The van der Waals surface area contributed by atoms with Crippen molar-refractivity contribution in [2.75, 3.05) is 24.5 Å². The van der Waals surface area contributed by atoms with E-state index < -0.39 is 5.60 Å². The maximum atomic E-state index is 12.4. The summed E-state index contributed by atoms with van der Waals surface area (Å²) in [5.41, 5.74) is 6.71. The number of carbonyl (C=O) groups excluding carboxylic acids is 1. The first-order valence-corrected chi connectivity index (χ1v) is 13.8. The van der Waals surface area contributed by atoms with Crippen molar-refractivity contribution >= 4 is 17.5 Å². The van der Waals surface area contributed by atoms with E-state index in [1.54, 1.807) is 4.90 Å². The molecule has 2 fully saturated rings. The quantitative estimate of drug-likeness (QED) is 0.297. The Bertz CT molecular complexity index is 1380. The zero-order valence-electron chi connectivity index (χ0n) is 23.9. The van der Waals surface area contributed by atoms with Gasteiger partial charge in [-0.25, -0.2) is 11.4 Å². The first-order valence-electron chi connectivity index (χ1n) is 13.8. The predicted octanol–water partition coefficient (Wildman–Crippen LogP) is 7.57. The lowest BCUT2D eigenvalue weighted by molar-refractivity contribution is -0.00173. The first kappa shape index (κ1) is 26.8. The molecule has 1 aliphatic heterocycles. The summed E-state index contributed by atoms with van der Waals surface area (Å²) in [6, 6.07) is 15.0. The van der Waals surface area contributed by atoms with Crippen LogP contribution in [0.3, 0.4) is 0 Å². The lowest BCUT2D eigenvalue weighted by Gasteiger charge is -2.41. The normalized spacial score (nSPS) is 16.4. The zero-order chi connectivity index (χ0) is 27.9. The molecular weight excluding hydrogens is 488 g/mol. The van der Waals surface area contributed by atoms with Crippen molar-refractivity contribution in [3.63, 3.8) is 0 Å². The van der Waals surface area contributed by atoms with Gasteiger partial charge in [0, 0.05) is 55.0 Å². The third-order valence-corrected chi connectivity index (χ3v) is 7.85. The van der Waals surface area contributed by atoms with Crippen LogP contribution < -0.4 is 4.90 Å². The van der Waals surface area contributed by atoms with E-state index in [0.717, 1.165) is 65.3 Å². The Morgan fingerprint density at radius 3 is 2.41 bits per heavy atom. The molecule has 1 amide bonds. The Kier molecular flexibility index (Phi) is 6.92. The summed E-state index contributed by atoms with van der Waals surface area (Å²) in [5, 5.41) is 4.16. The molecule has 1 saturated carbocycles. The third-order valence-electron chi connectivity index (χ3n) is 7.85. The smallest absolute Gasteiger partial charge is 0.410 e. The molecule has 1 aliphatic carbocycles. The van der Waals surface area contributed by atoms with Crippen molar-refractivity contribution in [2.45, 2.75) is 71.9 Å². The summed E-state index contributed by atoms with van der Waals surface area (Å²) < 4.78 is 11.0. The zero-order valence-corrected chi connectivity index (χ0v) is 23.9. The minimum Gasteiger partial charge on any atom is -0.444 e. The molecular formula is C32H38N4O3.